The predicted molar refractivity (Wildman–Crippen MR) is 89.3 cm³/mol. The number of hydrogen-bond acceptors (Lipinski definition) is 5. The molecule has 0 saturated carbocycles. The van der Waals surface area contributed by atoms with Crippen molar-refractivity contribution in [3.05, 3.63) is 29.8 Å². The van der Waals surface area contributed by atoms with E-state index in [-0.39, 0.29) is 25.4 Å². The normalized spacial score (nSPS) is 20.8. The SMILES string of the molecule is CCOc1ccc(CN(C)C(=O)CN2CC(O)CC2C(N)=O)cc1. The molecule has 0 bridgehead atoms. The van der Waals surface area contributed by atoms with E-state index in [0.29, 0.717) is 13.2 Å². The molecule has 7 heteroatoms. The predicted octanol–water partition coefficient (Wildman–Crippen LogP) is -0.0358. The highest BCUT2D eigenvalue weighted by atomic mass is 16.5. The number of rotatable bonds is 7. The summed E-state index contributed by atoms with van der Waals surface area (Å²) in [6, 6.07) is 7.00. The number of benzene rings is 1. The van der Waals surface area contributed by atoms with Gasteiger partial charge in [0, 0.05) is 20.1 Å². The van der Waals surface area contributed by atoms with Gasteiger partial charge in [0.15, 0.2) is 0 Å². The zero-order valence-electron chi connectivity index (χ0n) is 14.1. The lowest BCUT2D eigenvalue weighted by Gasteiger charge is -2.24. The molecule has 7 nitrogen and oxygen atoms in total. The summed E-state index contributed by atoms with van der Waals surface area (Å²) in [7, 11) is 1.71. The number of β-amino-alcohol motifs (C(OH)–C–C–N with tert-alkyl or cyclic N) is 1. The molecule has 2 unspecified atom stereocenters. The van der Waals surface area contributed by atoms with Crippen molar-refractivity contribution in [1.29, 1.82) is 0 Å². The fraction of sp³-hybridized carbons (Fsp3) is 0.529. The molecule has 24 heavy (non-hydrogen) atoms. The molecule has 1 fully saturated rings. The molecule has 1 saturated heterocycles. The minimum absolute atomic E-state index is 0.0677. The van der Waals surface area contributed by atoms with Crippen LogP contribution in [-0.2, 0) is 16.1 Å². The van der Waals surface area contributed by atoms with E-state index < -0.39 is 18.1 Å². The smallest absolute Gasteiger partial charge is 0.236 e. The number of amides is 2. The molecule has 2 atom stereocenters. The van der Waals surface area contributed by atoms with Crippen LogP contribution in [0.3, 0.4) is 0 Å². The topological polar surface area (TPSA) is 96.1 Å². The van der Waals surface area contributed by atoms with Gasteiger partial charge in [-0.05, 0) is 31.0 Å². The van der Waals surface area contributed by atoms with Crippen molar-refractivity contribution >= 4 is 11.8 Å². The summed E-state index contributed by atoms with van der Waals surface area (Å²) in [6.45, 7) is 3.35. The lowest BCUT2D eigenvalue weighted by atomic mass is 10.2. The Morgan fingerprint density at radius 3 is 2.62 bits per heavy atom. The third-order valence-corrected chi connectivity index (χ3v) is 4.13. The van der Waals surface area contributed by atoms with Crippen LogP contribution in [0.2, 0.25) is 0 Å². The fourth-order valence-electron chi connectivity index (χ4n) is 2.86. The van der Waals surface area contributed by atoms with Gasteiger partial charge in [0.05, 0.1) is 25.3 Å². The van der Waals surface area contributed by atoms with Crippen molar-refractivity contribution in [3.8, 4) is 5.75 Å². The molecule has 0 aromatic heterocycles. The van der Waals surface area contributed by atoms with Gasteiger partial charge in [0.2, 0.25) is 11.8 Å². The highest BCUT2D eigenvalue weighted by Gasteiger charge is 2.36. The van der Waals surface area contributed by atoms with Gasteiger partial charge in [-0.15, -0.1) is 0 Å². The van der Waals surface area contributed by atoms with E-state index >= 15 is 0 Å². The summed E-state index contributed by atoms with van der Waals surface area (Å²) in [4.78, 5) is 27.0. The zero-order valence-corrected chi connectivity index (χ0v) is 14.1. The van der Waals surface area contributed by atoms with Gasteiger partial charge in [0.1, 0.15) is 5.75 Å². The first kappa shape index (κ1) is 18.2. The monoisotopic (exact) mass is 335 g/mol. The lowest BCUT2D eigenvalue weighted by Crippen LogP contribution is -2.45. The Morgan fingerprint density at radius 1 is 1.38 bits per heavy atom. The van der Waals surface area contributed by atoms with Gasteiger partial charge in [0.25, 0.3) is 0 Å². The second-order valence-electron chi connectivity index (χ2n) is 6.06. The number of nitrogens with two attached hydrogens (primary N) is 1. The van der Waals surface area contributed by atoms with Crippen molar-refractivity contribution in [1.82, 2.24) is 9.80 Å². The van der Waals surface area contributed by atoms with E-state index in [1.54, 1.807) is 16.8 Å². The van der Waals surface area contributed by atoms with Crippen molar-refractivity contribution in [2.24, 2.45) is 5.73 Å². The quantitative estimate of drug-likeness (QED) is 0.729. The van der Waals surface area contributed by atoms with Gasteiger partial charge >= 0.3 is 0 Å². The van der Waals surface area contributed by atoms with Crippen LogP contribution in [-0.4, -0.2) is 65.6 Å². The Labute approximate surface area is 142 Å². The Morgan fingerprint density at radius 2 is 2.04 bits per heavy atom. The average molecular weight is 335 g/mol. The second kappa shape index (κ2) is 8.12. The molecular weight excluding hydrogens is 310 g/mol. The number of hydrogen-bond donors (Lipinski definition) is 2. The van der Waals surface area contributed by atoms with Gasteiger partial charge in [-0.2, -0.15) is 0 Å². The number of nitrogens with zero attached hydrogens (tertiary/aromatic N) is 2. The molecule has 0 radical (unpaired) electrons. The fourth-order valence-corrected chi connectivity index (χ4v) is 2.86. The molecule has 1 aliphatic heterocycles. The molecule has 1 aromatic carbocycles. The van der Waals surface area contributed by atoms with Gasteiger partial charge < -0.3 is 20.5 Å². The van der Waals surface area contributed by atoms with E-state index in [0.717, 1.165) is 11.3 Å². The number of carbonyl (C=O) groups excluding carboxylic acids is 2. The Hall–Kier alpha value is -2.12. The minimum atomic E-state index is -0.619. The molecule has 2 rings (SSSR count). The van der Waals surface area contributed by atoms with Crippen LogP contribution in [0.1, 0.15) is 18.9 Å². The van der Waals surface area contributed by atoms with Crippen LogP contribution in [0.25, 0.3) is 0 Å². The summed E-state index contributed by atoms with van der Waals surface area (Å²) in [6.07, 6.45) is -0.336. The number of likely N-dealkylation sites (tertiary alicyclic amines) is 1. The third-order valence-electron chi connectivity index (χ3n) is 4.13. The summed E-state index contributed by atoms with van der Waals surface area (Å²) in [5.41, 5.74) is 6.32. The van der Waals surface area contributed by atoms with Crippen LogP contribution in [0, 0.1) is 0 Å². The van der Waals surface area contributed by atoms with E-state index in [9.17, 15) is 14.7 Å². The average Bonchev–Trinajstić information content (AvgIpc) is 2.90. The molecule has 1 aromatic rings. The first-order valence-corrected chi connectivity index (χ1v) is 8.07. The number of likely N-dealkylation sites (N-methyl/N-ethyl adjacent to an activating group) is 1. The second-order valence-corrected chi connectivity index (χ2v) is 6.06. The summed E-state index contributed by atoms with van der Waals surface area (Å²) in [5.74, 6) is 0.170. The van der Waals surface area contributed by atoms with Crippen LogP contribution in [0.4, 0.5) is 0 Å². The maximum absolute atomic E-state index is 12.4. The zero-order chi connectivity index (χ0) is 17.7. The largest absolute Gasteiger partial charge is 0.494 e. The van der Waals surface area contributed by atoms with Gasteiger partial charge in [-0.3, -0.25) is 14.5 Å². The molecular formula is C17H25N3O4. The molecule has 1 aliphatic rings. The summed E-state index contributed by atoms with van der Waals surface area (Å²) >= 11 is 0. The molecule has 132 valence electrons. The van der Waals surface area contributed by atoms with E-state index in [2.05, 4.69) is 0 Å². The number of primary amides is 1. The number of aliphatic hydroxyl groups is 1. The number of carbonyl (C=O) groups is 2. The first-order valence-electron chi connectivity index (χ1n) is 8.07. The molecule has 3 N–H and O–H groups in total. The van der Waals surface area contributed by atoms with E-state index in [4.69, 9.17) is 10.5 Å². The standard InChI is InChI=1S/C17H25N3O4/c1-3-24-14-6-4-12(5-7-14)9-19(2)16(22)11-20-10-13(21)8-15(20)17(18)23/h4-7,13,15,21H,3,8-11H2,1-2H3,(H2,18,23). The van der Waals surface area contributed by atoms with Crippen molar-refractivity contribution < 1.29 is 19.4 Å². The van der Waals surface area contributed by atoms with Crippen molar-refractivity contribution in [3.63, 3.8) is 0 Å². The Balaban J connectivity index is 1.90. The van der Waals surface area contributed by atoms with Crippen LogP contribution < -0.4 is 10.5 Å². The maximum Gasteiger partial charge on any atom is 0.236 e. The summed E-state index contributed by atoms with van der Waals surface area (Å²) in [5, 5.41) is 9.69. The molecule has 0 spiro atoms. The molecule has 0 aliphatic carbocycles. The Bertz CT molecular complexity index is 576. The number of aliphatic hydroxyl groups excluding tert-OH is 1. The van der Waals surface area contributed by atoms with Crippen LogP contribution in [0.5, 0.6) is 5.75 Å². The van der Waals surface area contributed by atoms with Gasteiger partial charge in [-0.1, -0.05) is 12.1 Å². The number of ether oxygens (including phenoxy) is 1. The van der Waals surface area contributed by atoms with Gasteiger partial charge in [-0.25, -0.2) is 0 Å². The highest BCUT2D eigenvalue weighted by molar-refractivity contribution is 5.82. The first-order chi connectivity index (χ1) is 11.4. The highest BCUT2D eigenvalue weighted by Crippen LogP contribution is 2.18. The minimum Gasteiger partial charge on any atom is -0.494 e. The lowest BCUT2D eigenvalue weighted by molar-refractivity contribution is -0.132. The van der Waals surface area contributed by atoms with E-state index in [1.807, 2.05) is 31.2 Å². The summed E-state index contributed by atoms with van der Waals surface area (Å²) < 4.78 is 5.39. The van der Waals surface area contributed by atoms with Crippen molar-refractivity contribution in [2.75, 3.05) is 26.7 Å². The van der Waals surface area contributed by atoms with Crippen molar-refractivity contribution in [2.45, 2.75) is 32.0 Å². The van der Waals surface area contributed by atoms with E-state index in [1.165, 1.54) is 0 Å². The maximum atomic E-state index is 12.4. The third kappa shape index (κ3) is 4.69. The Kier molecular flexibility index (Phi) is 6.16. The molecule has 1 heterocycles. The van der Waals surface area contributed by atoms with Crippen LogP contribution >= 0.6 is 0 Å². The van der Waals surface area contributed by atoms with Crippen LogP contribution in [0.15, 0.2) is 24.3 Å². The molecule has 2 amide bonds.